The van der Waals surface area contributed by atoms with Crippen LogP contribution in [-0.4, -0.2) is 22.6 Å². The van der Waals surface area contributed by atoms with Crippen molar-refractivity contribution in [3.05, 3.63) is 83.9 Å². The first-order chi connectivity index (χ1) is 13.5. The Labute approximate surface area is 165 Å². The maximum absolute atomic E-state index is 12.3. The summed E-state index contributed by atoms with van der Waals surface area (Å²) in [6, 6.07) is 18.9. The summed E-state index contributed by atoms with van der Waals surface area (Å²) < 4.78 is 6.93. The third-order valence-corrected chi connectivity index (χ3v) is 5.59. The van der Waals surface area contributed by atoms with Crippen LogP contribution in [0.15, 0.2) is 67.1 Å². The molecule has 28 heavy (non-hydrogen) atoms. The van der Waals surface area contributed by atoms with Gasteiger partial charge in [-0.2, -0.15) is 0 Å². The fourth-order valence-electron chi connectivity index (χ4n) is 4.41. The molecule has 1 aliphatic carbocycles. The Kier molecular flexibility index (Phi) is 4.67. The molecule has 0 fully saturated rings. The number of nitrogens with zero attached hydrogens (tertiary/aromatic N) is 2. The smallest absolute Gasteiger partial charge is 0.356 e. The van der Waals surface area contributed by atoms with E-state index in [1.54, 1.807) is 12.5 Å². The van der Waals surface area contributed by atoms with E-state index in [4.69, 9.17) is 4.74 Å². The summed E-state index contributed by atoms with van der Waals surface area (Å²) in [6.07, 6.45) is 4.24. The van der Waals surface area contributed by atoms with Gasteiger partial charge in [-0.05, 0) is 35.1 Å². The molecule has 0 bridgehead atoms. The number of carbonyl (C=O) groups excluding carboxylic acids is 1. The molecule has 1 heterocycles. The fraction of sp³-hybridized carbons (Fsp3) is 0.304. The molecule has 1 aromatic heterocycles. The molecule has 0 radical (unpaired) electrons. The van der Waals surface area contributed by atoms with E-state index < -0.39 is 0 Å². The highest BCUT2D eigenvalue weighted by Gasteiger charge is 2.42. The molecule has 4 rings (SSSR count). The highest BCUT2D eigenvalue weighted by Crippen LogP contribution is 2.51. The molecule has 3 aromatic rings. The highest BCUT2D eigenvalue weighted by molar-refractivity contribution is 5.87. The van der Waals surface area contributed by atoms with Gasteiger partial charge >= 0.3 is 5.97 Å². The zero-order valence-electron chi connectivity index (χ0n) is 16.4. The molecule has 2 aromatic carbocycles. The van der Waals surface area contributed by atoms with Gasteiger partial charge in [0.2, 0.25) is 0 Å². The largest absolute Gasteiger partial charge is 0.464 e. The summed E-state index contributed by atoms with van der Waals surface area (Å²) >= 11 is 0. The van der Waals surface area contributed by atoms with Crippen molar-refractivity contribution in [1.29, 1.82) is 0 Å². The predicted octanol–water partition coefficient (Wildman–Crippen LogP) is 4.84. The van der Waals surface area contributed by atoms with Crippen LogP contribution >= 0.6 is 0 Å². The van der Waals surface area contributed by atoms with E-state index >= 15 is 0 Å². The maximum Gasteiger partial charge on any atom is 0.356 e. The van der Waals surface area contributed by atoms with Gasteiger partial charge in [0.25, 0.3) is 0 Å². The topological polar surface area (TPSA) is 56.1 Å². The molecular weight excluding hydrogens is 350 g/mol. The lowest BCUT2D eigenvalue weighted by Crippen LogP contribution is -2.38. The number of para-hydroxylation sites is 1. The molecule has 0 unspecified atom stereocenters. The van der Waals surface area contributed by atoms with Gasteiger partial charge in [0.15, 0.2) is 0 Å². The minimum Gasteiger partial charge on any atom is -0.464 e. The minimum absolute atomic E-state index is 0.00544. The Hall–Kier alpha value is -3.08. The highest BCUT2D eigenvalue weighted by atomic mass is 16.5. The monoisotopic (exact) mass is 375 g/mol. The van der Waals surface area contributed by atoms with Gasteiger partial charge in [0.05, 0.1) is 31.7 Å². The third kappa shape index (κ3) is 3.17. The Morgan fingerprint density at radius 1 is 1.11 bits per heavy atom. The van der Waals surface area contributed by atoms with Crippen LogP contribution in [0.4, 0.5) is 5.69 Å². The summed E-state index contributed by atoms with van der Waals surface area (Å²) in [4.78, 5) is 16.5. The van der Waals surface area contributed by atoms with E-state index in [0.717, 1.165) is 12.1 Å². The van der Waals surface area contributed by atoms with Gasteiger partial charge in [-0.1, -0.05) is 56.3 Å². The Bertz CT molecular complexity index is 978. The third-order valence-electron chi connectivity index (χ3n) is 5.59. The Morgan fingerprint density at radius 3 is 2.50 bits per heavy atom. The van der Waals surface area contributed by atoms with Crippen LogP contribution in [0.2, 0.25) is 0 Å². The molecule has 5 heteroatoms. The van der Waals surface area contributed by atoms with Gasteiger partial charge in [-0.25, -0.2) is 9.78 Å². The number of hydrogen-bond acceptors (Lipinski definition) is 4. The second kappa shape index (κ2) is 7.15. The quantitative estimate of drug-likeness (QED) is 0.663. The van der Waals surface area contributed by atoms with Gasteiger partial charge in [-0.3, -0.25) is 0 Å². The molecule has 0 amide bonds. The van der Waals surface area contributed by atoms with E-state index in [-0.39, 0.29) is 23.5 Å². The van der Waals surface area contributed by atoms with Crippen molar-refractivity contribution in [2.75, 3.05) is 12.4 Å². The Balaban J connectivity index is 1.79. The van der Waals surface area contributed by atoms with Crippen LogP contribution in [0.1, 0.15) is 54.0 Å². The van der Waals surface area contributed by atoms with Crippen LogP contribution in [0, 0.1) is 5.41 Å². The number of methoxy groups -OCH3 is 1. The molecular formula is C23H25N3O2. The standard InChI is InChI=1S/C23H25N3O2/c1-23(2)13-19(25-16-9-5-4-6-10-16)17-11-7-8-12-18(17)21(23)26-15-24-14-20(26)22(27)28-3/h4-12,14-15,19,21,25H,13H2,1-3H3/t19-,21-/m1/s1. The first-order valence-electron chi connectivity index (χ1n) is 9.52. The van der Waals surface area contributed by atoms with Gasteiger partial charge in [-0.15, -0.1) is 0 Å². The first kappa shape index (κ1) is 18.3. The molecule has 2 atom stereocenters. The van der Waals surface area contributed by atoms with Crippen molar-refractivity contribution in [3.63, 3.8) is 0 Å². The number of ether oxygens (including phenoxy) is 1. The van der Waals surface area contributed by atoms with E-state index in [0.29, 0.717) is 5.69 Å². The number of nitrogens with one attached hydrogen (secondary N) is 1. The van der Waals surface area contributed by atoms with E-state index in [1.807, 2.05) is 22.8 Å². The molecule has 0 saturated carbocycles. The number of imidazole rings is 1. The zero-order chi connectivity index (χ0) is 19.7. The summed E-state index contributed by atoms with van der Waals surface area (Å²) in [7, 11) is 1.40. The number of aromatic nitrogens is 2. The molecule has 5 nitrogen and oxygen atoms in total. The second-order valence-electron chi connectivity index (χ2n) is 7.96. The summed E-state index contributed by atoms with van der Waals surface area (Å²) in [6.45, 7) is 4.49. The van der Waals surface area contributed by atoms with E-state index in [1.165, 1.54) is 18.2 Å². The van der Waals surface area contributed by atoms with E-state index in [2.05, 4.69) is 60.5 Å². The normalized spacial score (nSPS) is 20.2. The molecule has 0 saturated heterocycles. The second-order valence-corrected chi connectivity index (χ2v) is 7.96. The zero-order valence-corrected chi connectivity index (χ0v) is 16.4. The first-order valence-corrected chi connectivity index (χ1v) is 9.52. The lowest BCUT2D eigenvalue weighted by Gasteiger charge is -2.45. The van der Waals surface area contributed by atoms with Gasteiger partial charge in [0, 0.05) is 5.69 Å². The number of anilines is 1. The van der Waals surface area contributed by atoms with Crippen LogP contribution in [0.25, 0.3) is 0 Å². The number of benzene rings is 2. The van der Waals surface area contributed by atoms with Crippen LogP contribution in [0.3, 0.4) is 0 Å². The SMILES string of the molecule is COC(=O)c1cncn1[C@@H]1c2ccccc2[C@H](Nc2ccccc2)CC1(C)C. The van der Waals surface area contributed by atoms with Crippen LogP contribution in [0.5, 0.6) is 0 Å². The van der Waals surface area contributed by atoms with Crippen molar-refractivity contribution < 1.29 is 9.53 Å². The van der Waals surface area contributed by atoms with Crippen molar-refractivity contribution in [2.45, 2.75) is 32.4 Å². The molecule has 0 aliphatic heterocycles. The number of carbonyl (C=O) groups is 1. The van der Waals surface area contributed by atoms with Crippen LogP contribution < -0.4 is 5.32 Å². The van der Waals surface area contributed by atoms with Crippen molar-refractivity contribution >= 4 is 11.7 Å². The lowest BCUT2D eigenvalue weighted by atomic mass is 9.68. The average Bonchev–Trinajstić information content (AvgIpc) is 3.16. The Morgan fingerprint density at radius 2 is 1.79 bits per heavy atom. The number of hydrogen-bond donors (Lipinski definition) is 1. The minimum atomic E-state index is -0.365. The number of fused-ring (bicyclic) bond motifs is 1. The summed E-state index contributed by atoms with van der Waals surface area (Å²) in [5, 5.41) is 3.69. The number of rotatable bonds is 4. The number of esters is 1. The van der Waals surface area contributed by atoms with Crippen molar-refractivity contribution in [3.8, 4) is 0 Å². The van der Waals surface area contributed by atoms with Gasteiger partial charge < -0.3 is 14.6 Å². The molecule has 1 N–H and O–H groups in total. The molecule has 144 valence electrons. The summed E-state index contributed by atoms with van der Waals surface area (Å²) in [5.74, 6) is -0.365. The predicted molar refractivity (Wildman–Crippen MR) is 109 cm³/mol. The maximum atomic E-state index is 12.3. The van der Waals surface area contributed by atoms with Crippen LogP contribution in [-0.2, 0) is 4.74 Å². The molecule has 1 aliphatic rings. The van der Waals surface area contributed by atoms with E-state index in [9.17, 15) is 4.79 Å². The fourth-order valence-corrected chi connectivity index (χ4v) is 4.41. The molecule has 0 spiro atoms. The lowest BCUT2D eigenvalue weighted by molar-refractivity contribution is 0.0580. The summed E-state index contributed by atoms with van der Waals surface area (Å²) in [5.41, 5.74) is 3.93. The van der Waals surface area contributed by atoms with Crippen molar-refractivity contribution in [2.24, 2.45) is 5.41 Å². The van der Waals surface area contributed by atoms with Crippen molar-refractivity contribution in [1.82, 2.24) is 9.55 Å². The average molecular weight is 375 g/mol. The van der Waals surface area contributed by atoms with Gasteiger partial charge in [0.1, 0.15) is 5.69 Å².